The van der Waals surface area contributed by atoms with Gasteiger partial charge in [0.25, 0.3) is 0 Å². The zero-order valence-electron chi connectivity index (χ0n) is 35.9. The van der Waals surface area contributed by atoms with Crippen LogP contribution in [-0.4, -0.2) is 15.0 Å². The van der Waals surface area contributed by atoms with Gasteiger partial charge in [0.2, 0.25) is 0 Å². The van der Waals surface area contributed by atoms with E-state index >= 15 is 0 Å². The van der Waals surface area contributed by atoms with E-state index in [-0.39, 0.29) is 0 Å². The Hall–Kier alpha value is -8.79. The van der Waals surface area contributed by atoms with E-state index in [9.17, 15) is 0 Å². The summed E-state index contributed by atoms with van der Waals surface area (Å²) in [7, 11) is 0. The molecule has 0 aliphatic carbocycles. The second-order valence-electron chi connectivity index (χ2n) is 17.2. The summed E-state index contributed by atoms with van der Waals surface area (Å²) in [6.45, 7) is 0. The predicted octanol–water partition coefficient (Wildman–Crippen LogP) is 16.8. The molecule has 3 nitrogen and oxygen atoms in total. The van der Waals surface area contributed by atoms with Crippen molar-refractivity contribution in [1.29, 1.82) is 0 Å². The Morgan fingerprint density at radius 3 is 1.32 bits per heavy atom. The average molecular weight is 838 g/mol. The van der Waals surface area contributed by atoms with Crippen LogP contribution in [0.3, 0.4) is 0 Å². The summed E-state index contributed by atoms with van der Waals surface area (Å²) >= 11 is 0. The quantitative estimate of drug-likeness (QED) is 0.157. The maximum absolute atomic E-state index is 5.36. The van der Waals surface area contributed by atoms with Crippen LogP contribution >= 0.6 is 0 Å². The molecule has 0 aliphatic heterocycles. The summed E-state index contributed by atoms with van der Waals surface area (Å²) < 4.78 is 0. The van der Waals surface area contributed by atoms with Crippen molar-refractivity contribution in [3.05, 3.63) is 237 Å². The Balaban J connectivity index is 0.888. The maximum atomic E-state index is 5.36. The lowest BCUT2D eigenvalue weighted by Crippen LogP contribution is -1.96. The van der Waals surface area contributed by atoms with Crippen LogP contribution in [0.15, 0.2) is 237 Å². The van der Waals surface area contributed by atoms with Gasteiger partial charge in [0.1, 0.15) is 0 Å². The summed E-state index contributed by atoms with van der Waals surface area (Å²) in [6.07, 6.45) is 0. The Morgan fingerprint density at radius 1 is 0.242 bits per heavy atom. The van der Waals surface area contributed by atoms with E-state index < -0.39 is 0 Å². The summed E-state index contributed by atoms with van der Waals surface area (Å²) in [5.74, 6) is 0.704. The van der Waals surface area contributed by atoms with Crippen molar-refractivity contribution in [2.45, 2.75) is 0 Å². The normalized spacial score (nSPS) is 11.6. The van der Waals surface area contributed by atoms with Gasteiger partial charge in [-0.05, 0) is 102 Å². The highest BCUT2D eigenvalue weighted by Crippen LogP contribution is 2.42. The van der Waals surface area contributed by atoms with Crippen LogP contribution in [0.5, 0.6) is 0 Å². The largest absolute Gasteiger partial charge is 0.247 e. The minimum absolute atomic E-state index is 0.704. The summed E-state index contributed by atoms with van der Waals surface area (Å²) in [6, 6.07) is 84.8. The zero-order chi connectivity index (χ0) is 43.6. The highest BCUT2D eigenvalue weighted by Gasteiger charge is 2.18. The summed E-state index contributed by atoms with van der Waals surface area (Å²) in [5, 5.41) is 13.2. The molecule has 0 N–H and O–H groups in total. The number of hydrogen-bond donors (Lipinski definition) is 0. The third kappa shape index (κ3) is 6.56. The standard InChI is InChI=1S/C63H39N3/c1-4-14-47-35-50(32-25-40(47)11-1)60-39-59(65-63(66-60)52-34-27-42-13-3-6-16-49(42)37-52)46-30-23-44(24-31-46)43-21-28-45(29-22-43)56-38-57-61(54-18-8-7-17-53(54)56)55-19-9-10-20-58(55)64-62(57)51-33-26-41-12-2-5-15-48(41)36-51/h1-39H. The zero-order valence-corrected chi connectivity index (χ0v) is 35.9. The van der Waals surface area contributed by atoms with Gasteiger partial charge in [-0.15, -0.1) is 0 Å². The fourth-order valence-electron chi connectivity index (χ4n) is 9.84. The molecule has 13 aromatic rings. The van der Waals surface area contributed by atoms with Gasteiger partial charge in [-0.3, -0.25) is 0 Å². The topological polar surface area (TPSA) is 38.7 Å². The van der Waals surface area contributed by atoms with Crippen LogP contribution in [-0.2, 0) is 0 Å². The third-order valence-corrected chi connectivity index (χ3v) is 13.2. The SMILES string of the molecule is c1ccc2cc(-c3cc(-c4ccc(-c5ccc(-c6cc7c(-c8ccc9ccccc9c8)nc8ccccc8c7c7ccccc67)cc5)cc4)nc(-c4ccc5ccccc5c4)n3)ccc2c1. The molecule has 0 radical (unpaired) electrons. The first-order valence-electron chi connectivity index (χ1n) is 22.5. The van der Waals surface area contributed by atoms with Crippen molar-refractivity contribution in [2.24, 2.45) is 0 Å². The smallest absolute Gasteiger partial charge is 0.160 e. The van der Waals surface area contributed by atoms with E-state index in [0.29, 0.717) is 5.82 Å². The minimum atomic E-state index is 0.704. The number of hydrogen-bond acceptors (Lipinski definition) is 3. The van der Waals surface area contributed by atoms with Crippen LogP contribution < -0.4 is 0 Å². The van der Waals surface area contributed by atoms with Gasteiger partial charge in [0, 0.05) is 38.4 Å². The number of rotatable bonds is 6. The molecular weight excluding hydrogens is 799 g/mol. The summed E-state index contributed by atoms with van der Waals surface area (Å²) in [5.41, 5.74) is 12.6. The van der Waals surface area contributed by atoms with Crippen molar-refractivity contribution in [1.82, 2.24) is 15.0 Å². The fraction of sp³-hybridized carbons (Fsp3) is 0. The molecule has 0 amide bonds. The van der Waals surface area contributed by atoms with Gasteiger partial charge in [0.15, 0.2) is 5.82 Å². The molecular formula is C63H39N3. The molecule has 0 unspecified atom stereocenters. The van der Waals surface area contributed by atoms with Crippen LogP contribution in [0, 0.1) is 0 Å². The van der Waals surface area contributed by atoms with Gasteiger partial charge in [-0.2, -0.15) is 0 Å². The van der Waals surface area contributed by atoms with Crippen LogP contribution in [0.25, 0.3) is 132 Å². The second kappa shape index (κ2) is 15.5. The summed E-state index contributed by atoms with van der Waals surface area (Å²) in [4.78, 5) is 15.7. The van der Waals surface area contributed by atoms with Crippen molar-refractivity contribution < 1.29 is 0 Å². The highest BCUT2D eigenvalue weighted by molar-refractivity contribution is 6.25. The molecule has 0 saturated heterocycles. The van der Waals surface area contributed by atoms with E-state index in [1.807, 2.05) is 0 Å². The lowest BCUT2D eigenvalue weighted by molar-refractivity contribution is 1.18. The molecule has 11 aromatic carbocycles. The Labute approximate surface area is 382 Å². The molecule has 0 aliphatic rings. The van der Waals surface area contributed by atoms with Crippen molar-refractivity contribution in [3.8, 4) is 67.4 Å². The van der Waals surface area contributed by atoms with Gasteiger partial charge in [-0.1, -0.05) is 200 Å². The first-order chi connectivity index (χ1) is 32.7. The molecule has 306 valence electrons. The van der Waals surface area contributed by atoms with E-state index in [1.54, 1.807) is 0 Å². The molecule has 0 spiro atoms. The van der Waals surface area contributed by atoms with Crippen LogP contribution in [0.2, 0.25) is 0 Å². The van der Waals surface area contributed by atoms with E-state index in [4.69, 9.17) is 15.0 Å². The number of aromatic nitrogens is 3. The fourth-order valence-corrected chi connectivity index (χ4v) is 9.84. The number of nitrogens with zero attached hydrogens (tertiary/aromatic N) is 3. The molecule has 66 heavy (non-hydrogen) atoms. The molecule has 0 saturated carbocycles. The lowest BCUT2D eigenvalue weighted by Gasteiger charge is -2.16. The number of benzene rings is 11. The Morgan fingerprint density at radius 2 is 0.682 bits per heavy atom. The van der Waals surface area contributed by atoms with Crippen LogP contribution in [0.1, 0.15) is 0 Å². The second-order valence-corrected chi connectivity index (χ2v) is 17.2. The van der Waals surface area contributed by atoms with Crippen molar-refractivity contribution >= 4 is 64.8 Å². The van der Waals surface area contributed by atoms with Gasteiger partial charge in [-0.25, -0.2) is 15.0 Å². The number of para-hydroxylation sites is 1. The van der Waals surface area contributed by atoms with Crippen molar-refractivity contribution in [2.75, 3.05) is 0 Å². The van der Waals surface area contributed by atoms with Crippen molar-refractivity contribution in [3.63, 3.8) is 0 Å². The molecule has 0 atom stereocenters. The molecule has 0 bridgehead atoms. The van der Waals surface area contributed by atoms with E-state index in [0.717, 1.165) is 77.7 Å². The van der Waals surface area contributed by atoms with E-state index in [1.165, 1.54) is 48.7 Å². The third-order valence-electron chi connectivity index (χ3n) is 13.2. The van der Waals surface area contributed by atoms with Gasteiger partial charge < -0.3 is 0 Å². The monoisotopic (exact) mass is 837 g/mol. The molecule has 2 heterocycles. The molecule has 3 heteroatoms. The van der Waals surface area contributed by atoms with Gasteiger partial charge >= 0.3 is 0 Å². The molecule has 0 fully saturated rings. The maximum Gasteiger partial charge on any atom is 0.160 e. The average Bonchev–Trinajstić information content (AvgIpc) is 3.40. The predicted molar refractivity (Wildman–Crippen MR) is 277 cm³/mol. The molecule has 2 aromatic heterocycles. The highest BCUT2D eigenvalue weighted by atomic mass is 14.9. The molecule has 13 rings (SSSR count). The minimum Gasteiger partial charge on any atom is -0.247 e. The number of fused-ring (bicyclic) bond motifs is 8. The first-order valence-corrected chi connectivity index (χ1v) is 22.5. The Bertz CT molecular complexity index is 3940. The van der Waals surface area contributed by atoms with E-state index in [2.05, 4.69) is 237 Å². The number of pyridine rings is 1. The van der Waals surface area contributed by atoms with Crippen LogP contribution in [0.4, 0.5) is 0 Å². The lowest BCUT2D eigenvalue weighted by atomic mass is 9.89. The first kappa shape index (κ1) is 37.7. The van der Waals surface area contributed by atoms with Gasteiger partial charge in [0.05, 0.1) is 22.6 Å². The Kier molecular flexibility index (Phi) is 8.85.